The first kappa shape index (κ1) is 17.8. The quantitative estimate of drug-likeness (QED) is 0.792. The first-order chi connectivity index (χ1) is 11.7. The van der Waals surface area contributed by atoms with Gasteiger partial charge in [0.2, 0.25) is 0 Å². The molecular weight excluding hydrogens is 301 g/mol. The number of likely N-dealkylation sites (tertiary alicyclic amines) is 1. The van der Waals surface area contributed by atoms with E-state index in [1.165, 1.54) is 77.7 Å². The predicted octanol–water partition coefficient (Wildman–Crippen LogP) is 2.72. The highest BCUT2D eigenvalue weighted by Crippen LogP contribution is 2.22. The van der Waals surface area contributed by atoms with Gasteiger partial charge in [-0.2, -0.15) is 0 Å². The van der Waals surface area contributed by atoms with Crippen molar-refractivity contribution < 1.29 is 4.39 Å². The maximum Gasteiger partial charge on any atom is 0.123 e. The fourth-order valence-electron chi connectivity index (χ4n) is 4.00. The average Bonchev–Trinajstić information content (AvgIpc) is 2.58. The molecule has 134 valence electrons. The molecule has 1 aromatic rings. The zero-order chi connectivity index (χ0) is 16.8. The van der Waals surface area contributed by atoms with Crippen LogP contribution in [0.1, 0.15) is 24.8 Å². The van der Waals surface area contributed by atoms with Gasteiger partial charge in [0.25, 0.3) is 0 Å². The molecule has 0 amide bonds. The van der Waals surface area contributed by atoms with E-state index in [-0.39, 0.29) is 5.82 Å². The molecule has 1 aromatic carbocycles. The van der Waals surface area contributed by atoms with Gasteiger partial charge in [0.1, 0.15) is 5.82 Å². The monoisotopic (exact) mass is 333 g/mol. The molecule has 2 aliphatic heterocycles. The third kappa shape index (κ3) is 5.54. The van der Waals surface area contributed by atoms with Crippen molar-refractivity contribution in [2.45, 2.75) is 25.7 Å². The molecule has 2 aliphatic rings. The van der Waals surface area contributed by atoms with Gasteiger partial charge in [0, 0.05) is 26.2 Å². The second-order valence-electron chi connectivity index (χ2n) is 7.62. The SMILES string of the molecule is CN1CCN(CCCN2CCC(Cc3cccc(F)c3)CC2)CC1. The highest BCUT2D eigenvalue weighted by molar-refractivity contribution is 5.17. The third-order valence-electron chi connectivity index (χ3n) is 5.67. The van der Waals surface area contributed by atoms with Crippen LogP contribution in [0.2, 0.25) is 0 Å². The maximum absolute atomic E-state index is 13.3. The lowest BCUT2D eigenvalue weighted by molar-refractivity contribution is 0.137. The van der Waals surface area contributed by atoms with E-state index in [0.29, 0.717) is 0 Å². The number of nitrogens with zero attached hydrogens (tertiary/aromatic N) is 3. The number of rotatable bonds is 6. The molecule has 3 rings (SSSR count). The Hall–Kier alpha value is -0.970. The number of piperazine rings is 1. The Labute approximate surface area is 146 Å². The van der Waals surface area contributed by atoms with Crippen molar-refractivity contribution >= 4 is 0 Å². The van der Waals surface area contributed by atoms with Crippen LogP contribution in [0.25, 0.3) is 0 Å². The Kier molecular flexibility index (Phi) is 6.64. The van der Waals surface area contributed by atoms with Crippen LogP contribution in [0.5, 0.6) is 0 Å². The molecule has 0 radical (unpaired) electrons. The van der Waals surface area contributed by atoms with Crippen molar-refractivity contribution in [2.24, 2.45) is 5.92 Å². The zero-order valence-corrected chi connectivity index (χ0v) is 15.1. The molecule has 3 nitrogen and oxygen atoms in total. The lowest BCUT2D eigenvalue weighted by Gasteiger charge is -2.34. The van der Waals surface area contributed by atoms with Crippen LogP contribution in [0.4, 0.5) is 4.39 Å². The topological polar surface area (TPSA) is 9.72 Å². The van der Waals surface area contributed by atoms with E-state index < -0.39 is 0 Å². The largest absolute Gasteiger partial charge is 0.304 e. The molecule has 0 aliphatic carbocycles. The predicted molar refractivity (Wildman–Crippen MR) is 97.8 cm³/mol. The number of hydrogen-bond donors (Lipinski definition) is 0. The van der Waals surface area contributed by atoms with Crippen molar-refractivity contribution in [3.63, 3.8) is 0 Å². The van der Waals surface area contributed by atoms with Crippen molar-refractivity contribution in [3.8, 4) is 0 Å². The minimum atomic E-state index is -0.103. The lowest BCUT2D eigenvalue weighted by Crippen LogP contribution is -2.45. The van der Waals surface area contributed by atoms with Gasteiger partial charge in [0.05, 0.1) is 0 Å². The first-order valence-electron chi connectivity index (χ1n) is 9.57. The van der Waals surface area contributed by atoms with Crippen LogP contribution >= 0.6 is 0 Å². The zero-order valence-electron chi connectivity index (χ0n) is 15.1. The molecule has 2 heterocycles. The molecule has 0 atom stereocenters. The van der Waals surface area contributed by atoms with Crippen LogP contribution in [0.3, 0.4) is 0 Å². The summed E-state index contributed by atoms with van der Waals surface area (Å²) < 4.78 is 13.3. The van der Waals surface area contributed by atoms with Crippen molar-refractivity contribution in [3.05, 3.63) is 35.6 Å². The van der Waals surface area contributed by atoms with E-state index in [1.807, 2.05) is 6.07 Å². The summed E-state index contributed by atoms with van der Waals surface area (Å²) in [5.74, 6) is 0.620. The van der Waals surface area contributed by atoms with E-state index in [2.05, 4.69) is 27.8 Å². The molecule has 24 heavy (non-hydrogen) atoms. The highest BCUT2D eigenvalue weighted by atomic mass is 19.1. The van der Waals surface area contributed by atoms with Gasteiger partial charge in [0.15, 0.2) is 0 Å². The second kappa shape index (κ2) is 8.93. The van der Waals surface area contributed by atoms with E-state index in [9.17, 15) is 4.39 Å². The number of likely N-dealkylation sites (N-methyl/N-ethyl adjacent to an activating group) is 1. The minimum Gasteiger partial charge on any atom is -0.304 e. The van der Waals surface area contributed by atoms with Gasteiger partial charge >= 0.3 is 0 Å². The highest BCUT2D eigenvalue weighted by Gasteiger charge is 2.20. The van der Waals surface area contributed by atoms with Gasteiger partial charge in [-0.25, -0.2) is 4.39 Å². The molecule has 4 heteroatoms. The molecule has 0 N–H and O–H groups in total. The van der Waals surface area contributed by atoms with Gasteiger partial charge in [-0.1, -0.05) is 12.1 Å². The average molecular weight is 333 g/mol. The smallest absolute Gasteiger partial charge is 0.123 e. The number of halogens is 1. The fourth-order valence-corrected chi connectivity index (χ4v) is 4.00. The van der Waals surface area contributed by atoms with E-state index >= 15 is 0 Å². The van der Waals surface area contributed by atoms with Gasteiger partial charge in [-0.3, -0.25) is 0 Å². The number of benzene rings is 1. The first-order valence-corrected chi connectivity index (χ1v) is 9.57. The van der Waals surface area contributed by atoms with Crippen molar-refractivity contribution in [1.29, 1.82) is 0 Å². The normalized spacial score (nSPS) is 22.1. The summed E-state index contributed by atoms with van der Waals surface area (Å²) >= 11 is 0. The summed E-state index contributed by atoms with van der Waals surface area (Å²) in [6.07, 6.45) is 4.83. The van der Waals surface area contributed by atoms with Gasteiger partial charge < -0.3 is 14.7 Å². The lowest BCUT2D eigenvalue weighted by atomic mass is 9.90. The van der Waals surface area contributed by atoms with E-state index in [1.54, 1.807) is 6.07 Å². The van der Waals surface area contributed by atoms with Crippen LogP contribution in [-0.4, -0.2) is 74.1 Å². The summed E-state index contributed by atoms with van der Waals surface area (Å²) in [4.78, 5) is 7.65. The van der Waals surface area contributed by atoms with Crippen LogP contribution in [0, 0.1) is 11.7 Å². The summed E-state index contributed by atoms with van der Waals surface area (Å²) in [6, 6.07) is 7.12. The molecular formula is C20H32FN3. The molecule has 2 fully saturated rings. The molecule has 0 spiro atoms. The Bertz CT molecular complexity index is 491. The molecule has 0 unspecified atom stereocenters. The molecule has 0 saturated carbocycles. The molecule has 0 aromatic heterocycles. The van der Waals surface area contributed by atoms with Crippen molar-refractivity contribution in [1.82, 2.24) is 14.7 Å². The Morgan fingerprint density at radius 3 is 2.29 bits per heavy atom. The number of piperidine rings is 1. The van der Waals surface area contributed by atoms with Crippen LogP contribution in [-0.2, 0) is 6.42 Å². The van der Waals surface area contributed by atoms with Gasteiger partial charge in [-0.15, -0.1) is 0 Å². The van der Waals surface area contributed by atoms with Crippen molar-refractivity contribution in [2.75, 3.05) is 59.4 Å². The summed E-state index contributed by atoms with van der Waals surface area (Å²) in [5, 5.41) is 0. The van der Waals surface area contributed by atoms with E-state index in [4.69, 9.17) is 0 Å². The molecule has 2 saturated heterocycles. The Morgan fingerprint density at radius 2 is 1.62 bits per heavy atom. The summed E-state index contributed by atoms with van der Waals surface area (Å²) in [6.45, 7) is 9.79. The summed E-state index contributed by atoms with van der Waals surface area (Å²) in [7, 11) is 2.21. The minimum absolute atomic E-state index is 0.103. The number of hydrogen-bond acceptors (Lipinski definition) is 3. The third-order valence-corrected chi connectivity index (χ3v) is 5.67. The maximum atomic E-state index is 13.3. The van der Waals surface area contributed by atoms with Gasteiger partial charge in [-0.05, 0) is 82.5 Å². The Balaban J connectivity index is 1.31. The molecule has 0 bridgehead atoms. The fraction of sp³-hybridized carbons (Fsp3) is 0.700. The second-order valence-corrected chi connectivity index (χ2v) is 7.62. The van der Waals surface area contributed by atoms with E-state index in [0.717, 1.165) is 17.9 Å². The van der Waals surface area contributed by atoms with Crippen LogP contribution in [0.15, 0.2) is 24.3 Å². The Morgan fingerprint density at radius 1 is 0.958 bits per heavy atom. The van der Waals surface area contributed by atoms with Crippen LogP contribution < -0.4 is 0 Å². The standard InChI is InChI=1S/C20H32FN3/c1-22-12-14-24(15-13-22)9-3-8-23-10-6-18(7-11-23)16-19-4-2-5-20(21)17-19/h2,4-5,17-18H,3,6-16H2,1H3. The summed E-state index contributed by atoms with van der Waals surface area (Å²) in [5.41, 5.74) is 1.16.